The molecule has 5 nitrogen and oxygen atoms in total. The van der Waals surface area contributed by atoms with Crippen LogP contribution in [0.15, 0.2) is 71.8 Å². The SMILES string of the molecule is CC(Oc1cccc(C(F)(F)F)c1)c1ccnn1S(=O)(=O)c1ccccc1. The van der Waals surface area contributed by atoms with E-state index >= 15 is 0 Å². The lowest BCUT2D eigenvalue weighted by Gasteiger charge is -2.17. The highest BCUT2D eigenvalue weighted by atomic mass is 32.2. The van der Waals surface area contributed by atoms with Gasteiger partial charge in [0, 0.05) is 0 Å². The van der Waals surface area contributed by atoms with Gasteiger partial charge in [0.1, 0.15) is 11.9 Å². The molecule has 142 valence electrons. The lowest BCUT2D eigenvalue weighted by Crippen LogP contribution is -2.20. The Morgan fingerprint density at radius 3 is 2.41 bits per heavy atom. The number of benzene rings is 2. The van der Waals surface area contributed by atoms with Gasteiger partial charge in [-0.05, 0) is 43.3 Å². The first kappa shape index (κ1) is 19.0. The van der Waals surface area contributed by atoms with Crippen molar-refractivity contribution in [2.75, 3.05) is 0 Å². The molecule has 1 aromatic heterocycles. The molecule has 0 aliphatic rings. The molecule has 27 heavy (non-hydrogen) atoms. The number of hydrogen-bond acceptors (Lipinski definition) is 4. The molecule has 0 saturated carbocycles. The predicted octanol–water partition coefficient (Wildman–Crippen LogP) is 4.28. The van der Waals surface area contributed by atoms with Gasteiger partial charge < -0.3 is 4.74 Å². The van der Waals surface area contributed by atoms with Crippen LogP contribution in [0.2, 0.25) is 0 Å². The molecular weight excluding hydrogens is 381 g/mol. The highest BCUT2D eigenvalue weighted by Gasteiger charge is 2.31. The molecule has 2 aromatic carbocycles. The molecule has 1 unspecified atom stereocenters. The van der Waals surface area contributed by atoms with Gasteiger partial charge in [-0.15, -0.1) is 0 Å². The van der Waals surface area contributed by atoms with Crippen LogP contribution >= 0.6 is 0 Å². The third-order valence-corrected chi connectivity index (χ3v) is 5.43. The summed E-state index contributed by atoms with van der Waals surface area (Å²) >= 11 is 0. The number of nitrogens with zero attached hydrogens (tertiary/aromatic N) is 2. The van der Waals surface area contributed by atoms with Crippen molar-refractivity contribution >= 4 is 10.0 Å². The van der Waals surface area contributed by atoms with E-state index in [1.54, 1.807) is 18.2 Å². The number of alkyl halides is 3. The third kappa shape index (κ3) is 3.97. The summed E-state index contributed by atoms with van der Waals surface area (Å²) in [5, 5.41) is 3.85. The zero-order valence-electron chi connectivity index (χ0n) is 14.1. The molecule has 1 heterocycles. The van der Waals surface area contributed by atoms with E-state index in [4.69, 9.17) is 4.74 Å². The molecule has 0 spiro atoms. The van der Waals surface area contributed by atoms with E-state index in [1.165, 1.54) is 43.5 Å². The van der Waals surface area contributed by atoms with Gasteiger partial charge in [-0.2, -0.15) is 30.8 Å². The molecule has 3 rings (SSSR count). The van der Waals surface area contributed by atoms with Gasteiger partial charge in [-0.3, -0.25) is 0 Å². The fourth-order valence-corrected chi connectivity index (χ4v) is 3.86. The Bertz CT molecular complexity index is 1030. The summed E-state index contributed by atoms with van der Waals surface area (Å²) < 4.78 is 70.4. The first-order valence-corrected chi connectivity index (χ1v) is 9.32. The molecule has 0 aliphatic heterocycles. The van der Waals surface area contributed by atoms with Crippen LogP contribution in [-0.4, -0.2) is 17.6 Å². The normalized spacial score (nSPS) is 13.3. The monoisotopic (exact) mass is 396 g/mol. The maximum absolute atomic E-state index is 12.8. The van der Waals surface area contributed by atoms with Gasteiger partial charge in [-0.1, -0.05) is 24.3 Å². The molecule has 0 fully saturated rings. The second-order valence-corrected chi connectivity index (χ2v) is 7.47. The van der Waals surface area contributed by atoms with E-state index in [-0.39, 0.29) is 16.3 Å². The van der Waals surface area contributed by atoms with Crippen LogP contribution in [0.3, 0.4) is 0 Å². The molecular formula is C18H15F3N2O3S. The zero-order chi connectivity index (χ0) is 19.7. The minimum Gasteiger partial charge on any atom is -0.484 e. The number of hydrogen-bond donors (Lipinski definition) is 0. The van der Waals surface area contributed by atoms with Crippen molar-refractivity contribution in [2.45, 2.75) is 24.1 Å². The van der Waals surface area contributed by atoms with E-state index in [0.717, 1.165) is 16.2 Å². The van der Waals surface area contributed by atoms with Crippen molar-refractivity contribution in [1.82, 2.24) is 9.19 Å². The second kappa shape index (κ2) is 7.07. The Hall–Kier alpha value is -2.81. The van der Waals surface area contributed by atoms with Crippen molar-refractivity contribution < 1.29 is 26.3 Å². The topological polar surface area (TPSA) is 61.2 Å². The minimum atomic E-state index is -4.50. The fourth-order valence-electron chi connectivity index (χ4n) is 2.50. The maximum atomic E-state index is 12.8. The zero-order valence-corrected chi connectivity index (χ0v) is 14.9. The average molecular weight is 396 g/mol. The van der Waals surface area contributed by atoms with Gasteiger partial charge in [0.15, 0.2) is 0 Å². The Morgan fingerprint density at radius 1 is 1.04 bits per heavy atom. The van der Waals surface area contributed by atoms with Crippen LogP contribution in [0.1, 0.15) is 24.3 Å². The van der Waals surface area contributed by atoms with E-state index in [9.17, 15) is 21.6 Å². The van der Waals surface area contributed by atoms with Crippen molar-refractivity contribution in [3.8, 4) is 5.75 Å². The van der Waals surface area contributed by atoms with Crippen molar-refractivity contribution in [2.24, 2.45) is 0 Å². The van der Waals surface area contributed by atoms with Gasteiger partial charge in [0.05, 0.1) is 22.3 Å². The van der Waals surface area contributed by atoms with Crippen LogP contribution in [0, 0.1) is 0 Å². The molecule has 0 aliphatic carbocycles. The van der Waals surface area contributed by atoms with Crippen LogP contribution in [0.25, 0.3) is 0 Å². The van der Waals surface area contributed by atoms with Crippen molar-refractivity contribution in [3.05, 3.63) is 78.1 Å². The van der Waals surface area contributed by atoms with Gasteiger partial charge in [0.25, 0.3) is 10.0 Å². The van der Waals surface area contributed by atoms with E-state index in [0.29, 0.717) is 0 Å². The Balaban J connectivity index is 1.90. The highest BCUT2D eigenvalue weighted by molar-refractivity contribution is 7.89. The van der Waals surface area contributed by atoms with Crippen LogP contribution in [0.5, 0.6) is 5.75 Å². The van der Waals surface area contributed by atoms with E-state index < -0.39 is 27.9 Å². The smallest absolute Gasteiger partial charge is 0.416 e. The summed E-state index contributed by atoms with van der Waals surface area (Å²) in [6.45, 7) is 1.54. The summed E-state index contributed by atoms with van der Waals surface area (Å²) in [4.78, 5) is 0.0428. The quantitative estimate of drug-likeness (QED) is 0.646. The summed E-state index contributed by atoms with van der Waals surface area (Å²) in [5.41, 5.74) is -0.658. The molecule has 0 bridgehead atoms. The number of halogens is 3. The molecule has 0 amide bonds. The Kier molecular flexibility index (Phi) is 4.97. The second-order valence-electron chi connectivity index (χ2n) is 5.70. The largest absolute Gasteiger partial charge is 0.484 e. The van der Waals surface area contributed by atoms with Gasteiger partial charge in [-0.25, -0.2) is 0 Å². The van der Waals surface area contributed by atoms with Gasteiger partial charge in [0.2, 0.25) is 0 Å². The van der Waals surface area contributed by atoms with E-state index in [1.807, 2.05) is 0 Å². The molecule has 0 radical (unpaired) electrons. The van der Waals surface area contributed by atoms with Crippen molar-refractivity contribution in [3.63, 3.8) is 0 Å². The lowest BCUT2D eigenvalue weighted by molar-refractivity contribution is -0.137. The molecule has 1 atom stereocenters. The summed E-state index contributed by atoms with van der Waals surface area (Å²) in [7, 11) is -3.95. The predicted molar refractivity (Wildman–Crippen MR) is 91.7 cm³/mol. The Labute approximate surface area is 154 Å². The lowest BCUT2D eigenvalue weighted by atomic mass is 10.2. The highest BCUT2D eigenvalue weighted by Crippen LogP contribution is 2.32. The average Bonchev–Trinajstić information content (AvgIpc) is 3.13. The van der Waals surface area contributed by atoms with Crippen molar-refractivity contribution in [1.29, 1.82) is 0 Å². The van der Waals surface area contributed by atoms with Crippen LogP contribution in [-0.2, 0) is 16.2 Å². The molecule has 0 saturated heterocycles. The number of ether oxygens (including phenoxy) is 1. The summed E-state index contributed by atoms with van der Waals surface area (Å²) in [5.74, 6) is -0.0258. The first-order valence-electron chi connectivity index (χ1n) is 7.88. The molecule has 3 aromatic rings. The molecule has 9 heteroatoms. The fraction of sp³-hybridized carbons (Fsp3) is 0.167. The number of aromatic nitrogens is 2. The summed E-state index contributed by atoms with van der Waals surface area (Å²) in [6, 6.07) is 13.5. The van der Waals surface area contributed by atoms with Gasteiger partial charge >= 0.3 is 6.18 Å². The summed E-state index contributed by atoms with van der Waals surface area (Å²) in [6.07, 6.45) is -4.06. The number of rotatable bonds is 5. The molecule has 0 N–H and O–H groups in total. The minimum absolute atomic E-state index is 0.0258. The standard InChI is InChI=1S/C18H15F3N2O3S/c1-13(26-15-7-5-6-14(12-15)18(19,20)21)17-10-11-22-23(17)27(24,25)16-8-3-2-4-9-16/h2-13H,1H3. The maximum Gasteiger partial charge on any atom is 0.416 e. The van der Waals surface area contributed by atoms with Crippen LogP contribution < -0.4 is 4.74 Å². The Morgan fingerprint density at radius 2 is 1.74 bits per heavy atom. The van der Waals surface area contributed by atoms with Crippen LogP contribution in [0.4, 0.5) is 13.2 Å². The first-order chi connectivity index (χ1) is 12.7. The van der Waals surface area contributed by atoms with E-state index in [2.05, 4.69) is 5.10 Å². The third-order valence-electron chi connectivity index (χ3n) is 3.80.